The molecule has 5 heteroatoms. The Bertz CT molecular complexity index is 430. The molecule has 0 aliphatic carbocycles. The van der Waals surface area contributed by atoms with Gasteiger partial charge in [-0.25, -0.2) is 0 Å². The quantitative estimate of drug-likeness (QED) is 0.871. The molecule has 5 nitrogen and oxygen atoms in total. The molecule has 2 atom stereocenters. The van der Waals surface area contributed by atoms with Crippen LogP contribution in [0.4, 0.5) is 5.69 Å². The highest BCUT2D eigenvalue weighted by molar-refractivity contribution is 5.97. The fourth-order valence-corrected chi connectivity index (χ4v) is 2.82. The summed E-state index contributed by atoms with van der Waals surface area (Å²) >= 11 is 0. The van der Waals surface area contributed by atoms with Gasteiger partial charge in [0.05, 0.1) is 11.9 Å². The first kappa shape index (κ1) is 12.9. The van der Waals surface area contributed by atoms with Crippen molar-refractivity contribution in [2.45, 2.75) is 58.7 Å². The Labute approximate surface area is 108 Å². The number of likely N-dealkylation sites (tertiary alicyclic amines) is 1. The summed E-state index contributed by atoms with van der Waals surface area (Å²) in [5.41, 5.74) is 6.90. The van der Waals surface area contributed by atoms with E-state index in [9.17, 15) is 4.79 Å². The van der Waals surface area contributed by atoms with Crippen LogP contribution in [0.1, 0.15) is 50.5 Å². The van der Waals surface area contributed by atoms with E-state index in [0.717, 1.165) is 12.8 Å². The molecule has 2 heterocycles. The molecule has 1 saturated heterocycles. The molecule has 18 heavy (non-hydrogen) atoms. The maximum Gasteiger partial charge on any atom is 0.274 e. The maximum atomic E-state index is 12.7. The van der Waals surface area contributed by atoms with E-state index in [1.807, 2.05) is 11.8 Å². The fourth-order valence-electron chi connectivity index (χ4n) is 2.82. The molecular weight excluding hydrogens is 228 g/mol. The largest absolute Gasteiger partial charge is 0.396 e. The number of nitrogens with zero attached hydrogens (tertiary/aromatic N) is 3. The number of hydrogen-bond acceptors (Lipinski definition) is 3. The molecule has 0 saturated carbocycles. The highest BCUT2D eigenvalue weighted by Crippen LogP contribution is 2.26. The van der Waals surface area contributed by atoms with E-state index in [-0.39, 0.29) is 18.0 Å². The normalized spacial score (nSPS) is 24.3. The van der Waals surface area contributed by atoms with E-state index in [1.54, 1.807) is 10.9 Å². The second kappa shape index (κ2) is 5.00. The molecule has 1 aromatic heterocycles. The van der Waals surface area contributed by atoms with Gasteiger partial charge in [0.2, 0.25) is 0 Å². The van der Waals surface area contributed by atoms with Crippen molar-refractivity contribution in [1.82, 2.24) is 14.7 Å². The summed E-state index contributed by atoms with van der Waals surface area (Å²) in [7, 11) is 0. The molecule has 100 valence electrons. The zero-order valence-corrected chi connectivity index (χ0v) is 11.4. The number of hydrogen-bond donors (Lipinski definition) is 1. The number of amides is 1. The first-order valence-electron chi connectivity index (χ1n) is 6.70. The number of carbonyl (C=O) groups is 1. The topological polar surface area (TPSA) is 64.2 Å². The smallest absolute Gasteiger partial charge is 0.274 e. The summed E-state index contributed by atoms with van der Waals surface area (Å²) in [6, 6.07) is 0.557. The van der Waals surface area contributed by atoms with Crippen LogP contribution in [0.15, 0.2) is 6.20 Å². The number of rotatable bonds is 2. The van der Waals surface area contributed by atoms with Gasteiger partial charge in [-0.2, -0.15) is 5.10 Å². The maximum absolute atomic E-state index is 12.7. The summed E-state index contributed by atoms with van der Waals surface area (Å²) in [6.07, 6.45) is 4.89. The van der Waals surface area contributed by atoms with Crippen molar-refractivity contribution < 1.29 is 4.79 Å². The summed E-state index contributed by atoms with van der Waals surface area (Å²) in [6.45, 7) is 6.84. The fraction of sp³-hybridized carbons (Fsp3) is 0.692. The van der Waals surface area contributed by atoms with Gasteiger partial charge >= 0.3 is 0 Å². The predicted molar refractivity (Wildman–Crippen MR) is 71.3 cm³/mol. The Balaban J connectivity index is 2.32. The molecule has 0 unspecified atom stereocenters. The molecule has 0 aromatic carbocycles. The number of piperidine rings is 1. The second-order valence-electron chi connectivity index (χ2n) is 5.11. The summed E-state index contributed by atoms with van der Waals surface area (Å²) < 4.78 is 1.69. The lowest BCUT2D eigenvalue weighted by molar-refractivity contribution is 0.0499. The van der Waals surface area contributed by atoms with E-state index >= 15 is 0 Å². The van der Waals surface area contributed by atoms with Crippen LogP contribution in [-0.2, 0) is 6.54 Å². The Morgan fingerprint density at radius 2 is 2.06 bits per heavy atom. The van der Waals surface area contributed by atoms with E-state index in [4.69, 9.17) is 5.73 Å². The van der Waals surface area contributed by atoms with Gasteiger partial charge in [0.25, 0.3) is 5.91 Å². The Kier molecular flexibility index (Phi) is 3.59. The van der Waals surface area contributed by atoms with Crippen LogP contribution in [0.2, 0.25) is 0 Å². The second-order valence-corrected chi connectivity index (χ2v) is 5.11. The zero-order chi connectivity index (χ0) is 13.3. The van der Waals surface area contributed by atoms with Gasteiger partial charge in [0, 0.05) is 18.6 Å². The van der Waals surface area contributed by atoms with Crippen LogP contribution in [0, 0.1) is 0 Å². The van der Waals surface area contributed by atoms with E-state index in [0.29, 0.717) is 17.9 Å². The third kappa shape index (κ3) is 2.09. The monoisotopic (exact) mass is 250 g/mol. The van der Waals surface area contributed by atoms with Crippen molar-refractivity contribution in [2.75, 3.05) is 5.73 Å². The van der Waals surface area contributed by atoms with Crippen LogP contribution < -0.4 is 5.73 Å². The number of aromatic nitrogens is 2. The average Bonchev–Trinajstić information content (AvgIpc) is 2.70. The average molecular weight is 250 g/mol. The molecule has 2 rings (SSSR count). The standard InChI is InChI=1S/C13H22N4O/c1-4-16-12(11(14)8-15-16)13(18)17-9(2)6-5-7-10(17)3/h8-10H,4-7,14H2,1-3H3/t9-,10+. The first-order valence-corrected chi connectivity index (χ1v) is 6.70. The number of anilines is 1. The lowest BCUT2D eigenvalue weighted by atomic mass is 9.97. The Morgan fingerprint density at radius 3 is 2.61 bits per heavy atom. The van der Waals surface area contributed by atoms with Gasteiger partial charge in [0.15, 0.2) is 0 Å². The van der Waals surface area contributed by atoms with Crippen LogP contribution >= 0.6 is 0 Å². The molecule has 1 aliphatic heterocycles. The van der Waals surface area contributed by atoms with Crippen molar-refractivity contribution in [1.29, 1.82) is 0 Å². The third-order valence-corrected chi connectivity index (χ3v) is 3.80. The van der Waals surface area contributed by atoms with Gasteiger partial charge in [-0.3, -0.25) is 9.48 Å². The van der Waals surface area contributed by atoms with Gasteiger partial charge in [-0.05, 0) is 40.0 Å². The Morgan fingerprint density at radius 1 is 1.44 bits per heavy atom. The van der Waals surface area contributed by atoms with Crippen LogP contribution in [0.25, 0.3) is 0 Å². The summed E-state index contributed by atoms with van der Waals surface area (Å²) in [4.78, 5) is 14.6. The van der Waals surface area contributed by atoms with Crippen molar-refractivity contribution in [3.05, 3.63) is 11.9 Å². The van der Waals surface area contributed by atoms with Crippen molar-refractivity contribution >= 4 is 11.6 Å². The van der Waals surface area contributed by atoms with Gasteiger partial charge in [0.1, 0.15) is 5.69 Å². The lowest BCUT2D eigenvalue weighted by Crippen LogP contribution is -2.48. The minimum Gasteiger partial charge on any atom is -0.396 e. The molecule has 2 N–H and O–H groups in total. The van der Waals surface area contributed by atoms with Crippen molar-refractivity contribution in [3.63, 3.8) is 0 Å². The van der Waals surface area contributed by atoms with Gasteiger partial charge < -0.3 is 10.6 Å². The number of nitrogen functional groups attached to an aromatic ring is 1. The number of nitrogens with two attached hydrogens (primary N) is 1. The molecule has 1 aliphatic rings. The molecule has 1 fully saturated rings. The molecule has 0 bridgehead atoms. The minimum absolute atomic E-state index is 0.0200. The third-order valence-electron chi connectivity index (χ3n) is 3.80. The highest BCUT2D eigenvalue weighted by atomic mass is 16.2. The van der Waals surface area contributed by atoms with Gasteiger partial charge in [-0.15, -0.1) is 0 Å². The molecular formula is C13H22N4O. The molecule has 1 amide bonds. The van der Waals surface area contributed by atoms with Crippen molar-refractivity contribution in [3.8, 4) is 0 Å². The molecule has 0 spiro atoms. The van der Waals surface area contributed by atoms with Crippen molar-refractivity contribution in [2.24, 2.45) is 0 Å². The van der Waals surface area contributed by atoms with Crippen LogP contribution in [0.3, 0.4) is 0 Å². The van der Waals surface area contributed by atoms with Gasteiger partial charge in [-0.1, -0.05) is 0 Å². The minimum atomic E-state index is 0.0200. The van der Waals surface area contributed by atoms with E-state index < -0.39 is 0 Å². The lowest BCUT2D eigenvalue weighted by Gasteiger charge is -2.39. The Hall–Kier alpha value is -1.52. The summed E-state index contributed by atoms with van der Waals surface area (Å²) in [5, 5.41) is 4.14. The predicted octanol–water partition coefficient (Wildman–Crippen LogP) is 1.89. The van der Waals surface area contributed by atoms with E-state index in [1.165, 1.54) is 6.42 Å². The van der Waals surface area contributed by atoms with Crippen LogP contribution in [-0.4, -0.2) is 32.7 Å². The SMILES string of the molecule is CCn1ncc(N)c1C(=O)N1[C@H](C)CCC[C@@H]1C. The highest BCUT2D eigenvalue weighted by Gasteiger charge is 2.32. The first-order chi connectivity index (χ1) is 8.56. The van der Waals surface area contributed by atoms with E-state index in [2.05, 4.69) is 18.9 Å². The number of carbonyl (C=O) groups excluding carboxylic acids is 1. The molecule has 0 radical (unpaired) electrons. The number of aryl methyl sites for hydroxylation is 1. The molecule has 1 aromatic rings. The summed E-state index contributed by atoms with van der Waals surface area (Å²) in [5.74, 6) is 0.0200. The zero-order valence-electron chi connectivity index (χ0n) is 11.4. The van der Waals surface area contributed by atoms with Crippen LogP contribution in [0.5, 0.6) is 0 Å².